The summed E-state index contributed by atoms with van der Waals surface area (Å²) in [6, 6.07) is 24.0. The lowest BCUT2D eigenvalue weighted by molar-refractivity contribution is 0.102. The molecule has 0 bridgehead atoms. The van der Waals surface area contributed by atoms with Gasteiger partial charge in [-0.25, -0.2) is 25.6 Å². The topological polar surface area (TPSA) is 160 Å². The highest BCUT2D eigenvalue weighted by Crippen LogP contribution is 2.31. The van der Waals surface area contributed by atoms with Gasteiger partial charge in [-0.15, -0.1) is 22.7 Å². The molecular formula is C36H28Cl2F2N4O7S4. The van der Waals surface area contributed by atoms with Crippen molar-refractivity contribution in [2.45, 2.75) is 16.7 Å². The van der Waals surface area contributed by atoms with E-state index < -0.39 is 54.1 Å². The summed E-state index contributed by atoms with van der Waals surface area (Å²) in [5.41, 5.74) is 1.77. The summed E-state index contributed by atoms with van der Waals surface area (Å²) >= 11 is 13.9. The molecule has 4 aromatic carbocycles. The average Bonchev–Trinajstić information content (AvgIpc) is 3.78. The Balaban J connectivity index is 0.000000212. The van der Waals surface area contributed by atoms with Crippen LogP contribution < -0.4 is 24.8 Å². The number of carbonyl (C=O) groups excluding carboxylic acids is 2. The zero-order valence-corrected chi connectivity index (χ0v) is 33.2. The second kappa shape index (κ2) is 17.6. The van der Waals surface area contributed by atoms with Crippen molar-refractivity contribution in [3.63, 3.8) is 0 Å². The Morgan fingerprint density at radius 3 is 1.58 bits per heavy atom. The fourth-order valence-corrected chi connectivity index (χ4v) is 9.20. The maximum atomic E-state index is 13.9. The van der Waals surface area contributed by atoms with Crippen LogP contribution in [-0.2, 0) is 20.0 Å². The quantitative estimate of drug-likeness (QED) is 0.101. The third kappa shape index (κ3) is 10.4. The molecular weight excluding hydrogens is 838 g/mol. The number of carbonyl (C=O) groups is 2. The van der Waals surface area contributed by atoms with Crippen LogP contribution >= 0.6 is 45.9 Å². The zero-order chi connectivity index (χ0) is 39.9. The van der Waals surface area contributed by atoms with Crippen LogP contribution in [0.15, 0.2) is 118 Å². The summed E-state index contributed by atoms with van der Waals surface area (Å²) in [4.78, 5) is 24.9. The molecule has 286 valence electrons. The maximum absolute atomic E-state index is 13.9. The van der Waals surface area contributed by atoms with Gasteiger partial charge in [-0.1, -0.05) is 53.5 Å². The Bertz CT molecular complexity index is 2580. The molecule has 55 heavy (non-hydrogen) atoms. The fourth-order valence-electron chi connectivity index (χ4n) is 4.79. The largest absolute Gasteiger partial charge is 0.491 e. The minimum Gasteiger partial charge on any atom is -0.491 e. The Labute approximate surface area is 333 Å². The highest BCUT2D eigenvalue weighted by atomic mass is 35.5. The van der Waals surface area contributed by atoms with Crippen LogP contribution in [0, 0.1) is 18.6 Å². The molecule has 2 amide bonds. The zero-order valence-electron chi connectivity index (χ0n) is 28.4. The van der Waals surface area contributed by atoms with E-state index in [0.717, 1.165) is 29.8 Å². The van der Waals surface area contributed by atoms with Crippen molar-refractivity contribution in [3.05, 3.63) is 145 Å². The van der Waals surface area contributed by atoms with E-state index in [0.29, 0.717) is 39.1 Å². The predicted molar refractivity (Wildman–Crippen MR) is 213 cm³/mol. The first-order valence-electron chi connectivity index (χ1n) is 15.5. The van der Waals surface area contributed by atoms with E-state index in [1.165, 1.54) is 23.6 Å². The number of amides is 2. The number of sulfonamides is 2. The second-order valence-electron chi connectivity index (χ2n) is 11.2. The molecule has 0 aliphatic rings. The molecule has 0 atom stereocenters. The van der Waals surface area contributed by atoms with Crippen LogP contribution in [0.2, 0.25) is 10.0 Å². The molecule has 0 aliphatic heterocycles. The molecule has 2 heterocycles. The first-order chi connectivity index (χ1) is 26.1. The normalized spacial score (nSPS) is 11.2. The highest BCUT2D eigenvalue weighted by molar-refractivity contribution is 7.93. The number of halogens is 4. The molecule has 0 radical (unpaired) electrons. The van der Waals surface area contributed by atoms with Gasteiger partial charge in [0.25, 0.3) is 31.9 Å². The third-order valence-electron chi connectivity index (χ3n) is 7.27. The first-order valence-corrected chi connectivity index (χ1v) is 21.0. The van der Waals surface area contributed by atoms with E-state index in [4.69, 9.17) is 23.2 Å². The van der Waals surface area contributed by atoms with E-state index in [1.807, 2.05) is 0 Å². The van der Waals surface area contributed by atoms with Crippen LogP contribution in [0.1, 0.15) is 24.9 Å². The van der Waals surface area contributed by atoms with E-state index in [2.05, 4.69) is 24.8 Å². The number of rotatable bonds is 11. The molecule has 0 spiro atoms. The van der Waals surface area contributed by atoms with Gasteiger partial charge in [0.2, 0.25) is 0 Å². The molecule has 0 unspecified atom stereocenters. The summed E-state index contributed by atoms with van der Waals surface area (Å²) in [7, 11) is -7.10. The molecule has 0 aliphatic carbocycles. The predicted octanol–water partition coefficient (Wildman–Crippen LogP) is 9.50. The SMILES string of the molecule is COc1c(F)cc(S(=O)(=O)Nc2ccsc2C(=O)Nc2cccc(Cl)c2)cc1F.Cc1ccccc1S(=O)(=O)Nc1ccsc1C(=O)Nc1cccc(Cl)c1. The van der Waals surface area contributed by atoms with Crippen molar-refractivity contribution < 1.29 is 39.9 Å². The Morgan fingerprint density at radius 1 is 0.655 bits per heavy atom. The van der Waals surface area contributed by atoms with Gasteiger partial charge in [0, 0.05) is 21.4 Å². The highest BCUT2D eigenvalue weighted by Gasteiger charge is 2.24. The number of anilines is 4. The second-order valence-corrected chi connectivity index (χ2v) is 17.2. The number of thiophene rings is 2. The molecule has 0 saturated heterocycles. The van der Waals surface area contributed by atoms with Crippen molar-refractivity contribution in [2.24, 2.45) is 0 Å². The van der Waals surface area contributed by atoms with Gasteiger partial charge in [-0.3, -0.25) is 19.0 Å². The number of ether oxygens (including phenoxy) is 1. The van der Waals surface area contributed by atoms with Gasteiger partial charge in [-0.2, -0.15) is 0 Å². The number of hydrogen-bond donors (Lipinski definition) is 4. The van der Waals surface area contributed by atoms with E-state index in [1.54, 1.807) is 79.0 Å². The van der Waals surface area contributed by atoms with Gasteiger partial charge in [0.15, 0.2) is 17.4 Å². The lowest BCUT2D eigenvalue weighted by atomic mass is 10.2. The molecule has 19 heteroatoms. The first kappa shape index (κ1) is 41.1. The fraction of sp³-hybridized carbons (Fsp3) is 0.0556. The Morgan fingerprint density at radius 2 is 1.13 bits per heavy atom. The van der Waals surface area contributed by atoms with Gasteiger partial charge >= 0.3 is 0 Å². The van der Waals surface area contributed by atoms with Crippen molar-refractivity contribution in [1.29, 1.82) is 0 Å². The number of aryl methyl sites for hydroxylation is 1. The molecule has 6 aromatic rings. The summed E-state index contributed by atoms with van der Waals surface area (Å²) in [6.45, 7) is 1.72. The molecule has 2 aromatic heterocycles. The number of benzene rings is 4. The van der Waals surface area contributed by atoms with Crippen LogP contribution in [0.5, 0.6) is 5.75 Å². The van der Waals surface area contributed by atoms with Crippen molar-refractivity contribution in [2.75, 3.05) is 27.2 Å². The lowest BCUT2D eigenvalue weighted by Gasteiger charge is -2.11. The number of hydrogen-bond acceptors (Lipinski definition) is 9. The standard InChI is InChI=1S/C18H13ClF2N2O4S2.C18H15ClN2O3S2/c1-27-16-13(20)8-12(9-14(16)21)29(25,26)23-15-5-6-28-17(15)18(24)22-11-4-2-3-10(19)7-11;1-12-5-2-3-8-16(12)26(23,24)21-15-9-10-25-17(15)18(22)20-14-7-4-6-13(19)11-14/h2-9,23H,1H3,(H,22,24);2-11,21H,1H3,(H,20,22). The third-order valence-corrected chi connectivity index (χ3v) is 12.4. The van der Waals surface area contributed by atoms with Gasteiger partial charge in [0.1, 0.15) is 9.75 Å². The lowest BCUT2D eigenvalue weighted by Crippen LogP contribution is -2.17. The number of nitrogens with one attached hydrogen (secondary N) is 4. The molecule has 6 rings (SSSR count). The summed E-state index contributed by atoms with van der Waals surface area (Å²) < 4.78 is 87.3. The summed E-state index contributed by atoms with van der Waals surface area (Å²) in [5, 5.41) is 9.38. The van der Waals surface area contributed by atoms with Crippen LogP contribution in [-0.4, -0.2) is 35.8 Å². The molecule has 11 nitrogen and oxygen atoms in total. The van der Waals surface area contributed by atoms with E-state index in [9.17, 15) is 35.2 Å². The summed E-state index contributed by atoms with van der Waals surface area (Å²) in [5.74, 6) is -4.02. The Kier molecular flexibility index (Phi) is 13.2. The molecule has 0 fully saturated rings. The van der Waals surface area contributed by atoms with Crippen molar-refractivity contribution in [3.8, 4) is 5.75 Å². The average molecular weight is 866 g/mol. The van der Waals surface area contributed by atoms with Crippen molar-refractivity contribution in [1.82, 2.24) is 0 Å². The monoisotopic (exact) mass is 864 g/mol. The Hall–Kier alpha value is -5.04. The summed E-state index contributed by atoms with van der Waals surface area (Å²) in [6.07, 6.45) is 0. The number of methoxy groups -OCH3 is 1. The van der Waals surface area contributed by atoms with E-state index in [-0.39, 0.29) is 26.0 Å². The van der Waals surface area contributed by atoms with Crippen molar-refractivity contribution >= 4 is 100 Å². The van der Waals surface area contributed by atoms with Crippen LogP contribution in [0.3, 0.4) is 0 Å². The molecule has 0 saturated carbocycles. The minimum absolute atomic E-state index is 0.0360. The van der Waals surface area contributed by atoms with E-state index >= 15 is 0 Å². The minimum atomic E-state index is -4.37. The van der Waals surface area contributed by atoms with Crippen LogP contribution in [0.25, 0.3) is 0 Å². The smallest absolute Gasteiger partial charge is 0.267 e. The molecule has 4 N–H and O–H groups in total. The maximum Gasteiger partial charge on any atom is 0.267 e. The van der Waals surface area contributed by atoms with Gasteiger partial charge in [0.05, 0.1) is 28.3 Å². The van der Waals surface area contributed by atoms with Crippen LogP contribution in [0.4, 0.5) is 31.5 Å². The van der Waals surface area contributed by atoms with Gasteiger partial charge in [-0.05, 0) is 90.0 Å². The van der Waals surface area contributed by atoms with Gasteiger partial charge < -0.3 is 15.4 Å².